The van der Waals surface area contributed by atoms with Crippen LogP contribution in [0.2, 0.25) is 0 Å². The van der Waals surface area contributed by atoms with Crippen molar-refractivity contribution in [3.05, 3.63) is 41.0 Å². The third kappa shape index (κ3) is 2.25. The molecule has 130 valence electrons. The van der Waals surface area contributed by atoms with Crippen molar-refractivity contribution in [2.24, 2.45) is 23.2 Å². The molecule has 0 heterocycles. The largest absolute Gasteiger partial charge is 0.0955 e. The van der Waals surface area contributed by atoms with Crippen molar-refractivity contribution < 1.29 is 0 Å². The molecule has 4 rings (SSSR count). The normalized spacial score (nSPS) is 37.5. The van der Waals surface area contributed by atoms with E-state index in [4.69, 9.17) is 0 Å². The van der Waals surface area contributed by atoms with Crippen molar-refractivity contribution in [2.75, 3.05) is 0 Å². The maximum atomic E-state index is 4.23. The number of fused-ring (bicyclic) bond motifs is 5. The van der Waals surface area contributed by atoms with Gasteiger partial charge in [0.1, 0.15) is 0 Å². The zero-order chi connectivity index (χ0) is 17.1. The van der Waals surface area contributed by atoms with Crippen LogP contribution < -0.4 is 0 Å². The Labute approximate surface area is 148 Å². The Hall–Kier alpha value is -1.04. The zero-order valence-corrected chi connectivity index (χ0v) is 16.1. The number of rotatable bonds is 2. The average molecular weight is 323 g/mol. The van der Waals surface area contributed by atoms with Crippen LogP contribution in [0.3, 0.4) is 0 Å². The van der Waals surface area contributed by atoms with Crippen LogP contribution in [-0.2, 0) is 12.8 Å². The molecule has 0 heteroatoms. The van der Waals surface area contributed by atoms with E-state index in [1.807, 2.05) is 0 Å². The van der Waals surface area contributed by atoms with Gasteiger partial charge in [-0.15, -0.1) is 0 Å². The van der Waals surface area contributed by atoms with E-state index in [0.717, 1.165) is 30.1 Å². The Kier molecular flexibility index (Phi) is 3.94. The van der Waals surface area contributed by atoms with Crippen molar-refractivity contribution in [2.45, 2.75) is 78.6 Å². The smallest absolute Gasteiger partial charge is 0.0128 e. The minimum absolute atomic E-state index is 0.629. The predicted octanol–water partition coefficient (Wildman–Crippen LogP) is 6.77. The van der Waals surface area contributed by atoms with E-state index in [1.165, 1.54) is 55.2 Å². The highest BCUT2D eigenvalue weighted by atomic mass is 14.6. The molecule has 0 aromatic heterocycles. The number of hydrogen-bond acceptors (Lipinski definition) is 0. The van der Waals surface area contributed by atoms with Gasteiger partial charge in [-0.1, -0.05) is 45.1 Å². The summed E-state index contributed by atoms with van der Waals surface area (Å²) < 4.78 is 0. The molecule has 0 radical (unpaired) electrons. The van der Waals surface area contributed by atoms with Gasteiger partial charge in [0.15, 0.2) is 0 Å². The summed E-state index contributed by atoms with van der Waals surface area (Å²) in [7, 11) is 0. The van der Waals surface area contributed by atoms with Crippen LogP contribution in [-0.4, -0.2) is 0 Å². The first kappa shape index (κ1) is 16.4. The van der Waals surface area contributed by atoms with Gasteiger partial charge in [0, 0.05) is 0 Å². The summed E-state index contributed by atoms with van der Waals surface area (Å²) in [5.74, 6) is 3.69. The molecule has 5 atom stereocenters. The lowest BCUT2D eigenvalue weighted by molar-refractivity contribution is 0.0336. The van der Waals surface area contributed by atoms with Gasteiger partial charge >= 0.3 is 0 Å². The van der Waals surface area contributed by atoms with Gasteiger partial charge in [0.25, 0.3) is 0 Å². The van der Waals surface area contributed by atoms with Crippen LogP contribution in [0, 0.1) is 23.2 Å². The van der Waals surface area contributed by atoms with Crippen molar-refractivity contribution in [3.8, 4) is 0 Å². The molecule has 5 unspecified atom stereocenters. The van der Waals surface area contributed by atoms with Crippen LogP contribution in [0.1, 0.15) is 88.0 Å². The van der Waals surface area contributed by atoms with E-state index in [9.17, 15) is 0 Å². The fourth-order valence-corrected chi connectivity index (χ4v) is 6.62. The summed E-state index contributed by atoms with van der Waals surface area (Å²) in [4.78, 5) is 0. The van der Waals surface area contributed by atoms with Gasteiger partial charge in [-0.3, -0.25) is 0 Å². The van der Waals surface area contributed by atoms with Gasteiger partial charge in [0.2, 0.25) is 0 Å². The lowest BCUT2D eigenvalue weighted by atomic mass is 9.54. The Bertz CT molecular complexity index is 667. The minimum atomic E-state index is 0.629. The molecule has 3 aliphatic rings. The Morgan fingerprint density at radius 1 is 1.21 bits per heavy atom. The molecule has 2 fully saturated rings. The van der Waals surface area contributed by atoms with Gasteiger partial charge in [0.05, 0.1) is 0 Å². The Balaban J connectivity index is 1.74. The number of hydrogen-bond donors (Lipinski definition) is 0. The fraction of sp³-hybridized carbons (Fsp3) is 0.667. The maximum absolute atomic E-state index is 4.23. The van der Waals surface area contributed by atoms with E-state index in [0.29, 0.717) is 5.41 Å². The van der Waals surface area contributed by atoms with Crippen molar-refractivity contribution in [3.63, 3.8) is 0 Å². The monoisotopic (exact) mass is 322 g/mol. The highest BCUT2D eigenvalue weighted by Gasteiger charge is 2.53. The highest BCUT2D eigenvalue weighted by Crippen LogP contribution is 2.62. The quantitative estimate of drug-likeness (QED) is 0.563. The van der Waals surface area contributed by atoms with E-state index in [2.05, 4.69) is 46.4 Å². The van der Waals surface area contributed by atoms with E-state index >= 15 is 0 Å². The highest BCUT2D eigenvalue weighted by molar-refractivity contribution is 5.66. The Morgan fingerprint density at radius 2 is 2.00 bits per heavy atom. The standard InChI is InChI=1S/C24H34/c1-6-17-13-22-18(14-21(17)15(2)3)8-9-20-19(22)11-12-24(5)16(4)7-10-23(20)24/h13-14,16,19-20,23H,2,6-12H2,1,3-5H3. The summed E-state index contributed by atoms with van der Waals surface area (Å²) in [5.41, 5.74) is 8.16. The fourth-order valence-electron chi connectivity index (χ4n) is 6.62. The van der Waals surface area contributed by atoms with Gasteiger partial charge in [-0.2, -0.15) is 0 Å². The summed E-state index contributed by atoms with van der Waals surface area (Å²) >= 11 is 0. The SMILES string of the molecule is C=C(C)c1cc2c(cc1CC)C1CCC3(C)C(C)CCC3C1CC2. The molecule has 0 N–H and O–H groups in total. The van der Waals surface area contributed by atoms with Crippen molar-refractivity contribution in [1.29, 1.82) is 0 Å². The second-order valence-electron chi connectivity index (χ2n) is 9.28. The summed E-state index contributed by atoms with van der Waals surface area (Å²) in [5, 5.41) is 0. The van der Waals surface area contributed by atoms with Crippen LogP contribution in [0.15, 0.2) is 18.7 Å². The third-order valence-corrected chi connectivity index (χ3v) is 8.26. The third-order valence-electron chi connectivity index (χ3n) is 8.26. The maximum Gasteiger partial charge on any atom is -0.0128 e. The number of allylic oxidation sites excluding steroid dienone is 1. The minimum Gasteiger partial charge on any atom is -0.0955 e. The Morgan fingerprint density at radius 3 is 2.71 bits per heavy atom. The van der Waals surface area contributed by atoms with E-state index in [-0.39, 0.29) is 0 Å². The van der Waals surface area contributed by atoms with Gasteiger partial charge in [-0.25, -0.2) is 0 Å². The summed E-state index contributed by atoms with van der Waals surface area (Å²) in [6.45, 7) is 13.8. The number of aryl methyl sites for hydroxylation is 2. The lowest BCUT2D eigenvalue weighted by Crippen LogP contribution is -2.41. The first-order valence-corrected chi connectivity index (χ1v) is 10.3. The second-order valence-corrected chi connectivity index (χ2v) is 9.28. The van der Waals surface area contributed by atoms with Crippen LogP contribution in [0.5, 0.6) is 0 Å². The van der Waals surface area contributed by atoms with Gasteiger partial charge < -0.3 is 0 Å². The average Bonchev–Trinajstić information content (AvgIpc) is 2.88. The van der Waals surface area contributed by atoms with Crippen molar-refractivity contribution in [1.82, 2.24) is 0 Å². The number of benzene rings is 1. The topological polar surface area (TPSA) is 0 Å². The summed E-state index contributed by atoms with van der Waals surface area (Å²) in [6, 6.07) is 5.08. The molecule has 0 aliphatic heterocycles. The molecule has 0 saturated heterocycles. The summed E-state index contributed by atoms with van der Waals surface area (Å²) in [6.07, 6.45) is 9.66. The molecule has 0 bridgehead atoms. The molecule has 1 aromatic carbocycles. The second kappa shape index (κ2) is 5.75. The molecule has 24 heavy (non-hydrogen) atoms. The molecule has 0 amide bonds. The molecule has 2 saturated carbocycles. The van der Waals surface area contributed by atoms with Crippen molar-refractivity contribution >= 4 is 5.57 Å². The molecular formula is C24H34. The van der Waals surface area contributed by atoms with Gasteiger partial charge in [-0.05, 0) is 103 Å². The lowest BCUT2D eigenvalue weighted by Gasteiger charge is -2.51. The first-order valence-electron chi connectivity index (χ1n) is 10.3. The molecule has 3 aliphatic carbocycles. The van der Waals surface area contributed by atoms with Crippen LogP contribution >= 0.6 is 0 Å². The zero-order valence-electron chi connectivity index (χ0n) is 16.1. The van der Waals surface area contributed by atoms with E-state index < -0.39 is 0 Å². The molecular weight excluding hydrogens is 288 g/mol. The molecule has 1 aromatic rings. The van der Waals surface area contributed by atoms with Crippen LogP contribution in [0.25, 0.3) is 5.57 Å². The molecule has 0 spiro atoms. The molecule has 0 nitrogen and oxygen atoms in total. The van der Waals surface area contributed by atoms with Crippen LogP contribution in [0.4, 0.5) is 0 Å². The predicted molar refractivity (Wildman–Crippen MR) is 104 cm³/mol. The van der Waals surface area contributed by atoms with E-state index in [1.54, 1.807) is 11.1 Å². The first-order chi connectivity index (χ1) is 11.5.